The van der Waals surface area contributed by atoms with Gasteiger partial charge >= 0.3 is 0 Å². The van der Waals surface area contributed by atoms with E-state index >= 15 is 0 Å². The molecule has 1 heterocycles. The third-order valence-corrected chi connectivity index (χ3v) is 7.81. The third-order valence-electron chi connectivity index (χ3n) is 4.02. The number of unbranched alkanes of at least 4 members (excludes halogenated alkanes) is 1. The van der Waals surface area contributed by atoms with E-state index in [1.165, 1.54) is 41.5 Å². The van der Waals surface area contributed by atoms with E-state index in [0.29, 0.717) is 5.92 Å². The molecule has 3 radical (unpaired) electrons. The zero-order chi connectivity index (χ0) is 16.0. The van der Waals surface area contributed by atoms with Crippen molar-refractivity contribution in [3.8, 4) is 0 Å². The second-order valence-corrected chi connectivity index (χ2v) is 10.0. The van der Waals surface area contributed by atoms with Crippen LogP contribution in [0, 0.1) is 5.92 Å². The summed E-state index contributed by atoms with van der Waals surface area (Å²) in [4.78, 5) is 0. The van der Waals surface area contributed by atoms with E-state index < -0.39 is 0 Å². The molecule has 0 N–H and O–H groups in total. The molecule has 2 rings (SSSR count). The highest BCUT2D eigenvalue weighted by Gasteiger charge is 2.38. The van der Waals surface area contributed by atoms with Gasteiger partial charge in [0.1, 0.15) is 0 Å². The maximum absolute atomic E-state index is 3.93. The van der Waals surface area contributed by atoms with Gasteiger partial charge in [0.05, 0.1) is 14.3 Å². The Labute approximate surface area is 148 Å². The maximum atomic E-state index is 3.93. The van der Waals surface area contributed by atoms with Gasteiger partial charge in [0.15, 0.2) is 0 Å². The molecule has 0 nitrogen and oxygen atoms in total. The molecule has 0 bridgehead atoms. The molecule has 0 saturated carbocycles. The highest BCUT2D eigenvalue weighted by Crippen LogP contribution is 2.54. The van der Waals surface area contributed by atoms with Crippen LogP contribution in [0.2, 0.25) is 0 Å². The van der Waals surface area contributed by atoms with Gasteiger partial charge in [-0.3, -0.25) is 0 Å². The van der Waals surface area contributed by atoms with Gasteiger partial charge < -0.3 is 0 Å². The van der Waals surface area contributed by atoms with Crippen LogP contribution in [-0.2, 0) is 10.5 Å². The topological polar surface area (TPSA) is 0 Å². The molecule has 1 aliphatic rings. The van der Waals surface area contributed by atoms with Crippen molar-refractivity contribution in [3.05, 3.63) is 42.0 Å². The van der Waals surface area contributed by atoms with Crippen molar-refractivity contribution in [1.29, 1.82) is 0 Å². The Kier molecular flexibility index (Phi) is 7.16. The maximum Gasteiger partial charge on any atom is 0.0863 e. The highest BCUT2D eigenvalue weighted by molar-refractivity contribution is 8.18. The quantitative estimate of drug-likeness (QED) is 0.384. The third kappa shape index (κ3) is 4.45. The van der Waals surface area contributed by atoms with Crippen molar-refractivity contribution in [3.63, 3.8) is 0 Å². The molecular weight excluding hydrogens is 320 g/mol. The number of benzene rings is 1. The first-order valence-corrected chi connectivity index (χ1v) is 10.8. The molecule has 0 amide bonds. The van der Waals surface area contributed by atoms with Crippen molar-refractivity contribution in [1.82, 2.24) is 0 Å². The number of aryl methyl sites for hydroxylation is 1. The molecule has 22 heavy (non-hydrogen) atoms. The first kappa shape index (κ1) is 18.2. The van der Waals surface area contributed by atoms with Gasteiger partial charge in [-0.05, 0) is 60.7 Å². The summed E-state index contributed by atoms with van der Waals surface area (Å²) in [5, 5.41) is 1.29. The zero-order valence-corrected chi connectivity index (χ0v) is 16.5. The molecule has 0 spiro atoms. The number of hydrogen-bond acceptors (Lipinski definition) is 2. The van der Waals surface area contributed by atoms with Gasteiger partial charge in [0, 0.05) is 0 Å². The van der Waals surface area contributed by atoms with Crippen LogP contribution in [0.1, 0.15) is 50.7 Å². The Morgan fingerprint density at radius 1 is 1.32 bits per heavy atom. The molecule has 119 valence electrons. The summed E-state index contributed by atoms with van der Waals surface area (Å²) in [6, 6.07) is 6.75. The lowest BCUT2D eigenvalue weighted by molar-refractivity contribution is 0.553. The Morgan fingerprint density at radius 3 is 2.68 bits per heavy atom. The average molecular weight is 348 g/mol. The van der Waals surface area contributed by atoms with Crippen LogP contribution in [0.15, 0.2) is 30.9 Å². The minimum absolute atomic E-state index is 0.230. The van der Waals surface area contributed by atoms with E-state index in [-0.39, 0.29) is 4.08 Å². The minimum Gasteiger partial charge on any atom is -0.139 e. The lowest BCUT2D eigenvalue weighted by Crippen LogP contribution is -2.32. The number of allylic oxidation sites excluding steroid dienone is 1. The summed E-state index contributed by atoms with van der Waals surface area (Å²) in [5.74, 6) is 3.28. The highest BCUT2D eigenvalue weighted by atomic mass is 32.2. The molecule has 1 aliphatic heterocycles. The van der Waals surface area contributed by atoms with E-state index in [2.05, 4.69) is 72.4 Å². The normalized spacial score (nSPS) is 17.6. The van der Waals surface area contributed by atoms with Crippen LogP contribution < -0.4 is 5.19 Å². The van der Waals surface area contributed by atoms with Crippen LogP contribution >= 0.6 is 23.5 Å². The van der Waals surface area contributed by atoms with Gasteiger partial charge in [-0.2, -0.15) is 0 Å². The Balaban J connectivity index is 2.38. The van der Waals surface area contributed by atoms with E-state index in [4.69, 9.17) is 0 Å². The Morgan fingerprint density at radius 2 is 2.05 bits per heavy atom. The molecule has 3 heteroatoms. The summed E-state index contributed by atoms with van der Waals surface area (Å²) in [7, 11) is 3.93. The molecular formula is C19H27S2Si. The van der Waals surface area contributed by atoms with Gasteiger partial charge in [0.2, 0.25) is 0 Å². The van der Waals surface area contributed by atoms with Crippen LogP contribution in [0.25, 0.3) is 0 Å². The molecule has 1 saturated heterocycles. The van der Waals surface area contributed by atoms with E-state index in [1.807, 2.05) is 6.08 Å². The summed E-state index contributed by atoms with van der Waals surface area (Å²) >= 11 is 4.34. The summed E-state index contributed by atoms with van der Waals surface area (Å²) < 4.78 is 0.230. The van der Waals surface area contributed by atoms with Gasteiger partial charge in [-0.15, -0.1) is 30.1 Å². The lowest BCUT2D eigenvalue weighted by atomic mass is 9.94. The van der Waals surface area contributed by atoms with Crippen molar-refractivity contribution in [2.75, 3.05) is 11.5 Å². The van der Waals surface area contributed by atoms with E-state index in [9.17, 15) is 0 Å². The summed E-state index contributed by atoms with van der Waals surface area (Å²) in [5.41, 5.74) is 3.08. The van der Waals surface area contributed by atoms with Crippen molar-refractivity contribution in [2.45, 2.75) is 50.0 Å². The number of hydrogen-bond donors (Lipinski definition) is 0. The van der Waals surface area contributed by atoms with E-state index in [1.54, 1.807) is 5.56 Å². The van der Waals surface area contributed by atoms with Crippen molar-refractivity contribution >= 4 is 39.0 Å². The minimum atomic E-state index is 0.230. The molecule has 0 aromatic heterocycles. The SMILES string of the molecule is C=CCCCc1cccc([Si])c1C1(CC(C)C)SCCCS1. The lowest BCUT2D eigenvalue weighted by Gasteiger charge is -2.40. The van der Waals surface area contributed by atoms with Crippen LogP contribution in [-0.4, -0.2) is 21.7 Å². The predicted octanol–water partition coefficient (Wildman–Crippen LogP) is 5.06. The monoisotopic (exact) mass is 347 g/mol. The predicted molar refractivity (Wildman–Crippen MR) is 106 cm³/mol. The molecule has 0 atom stereocenters. The zero-order valence-electron chi connectivity index (χ0n) is 13.9. The average Bonchev–Trinajstić information content (AvgIpc) is 2.47. The fraction of sp³-hybridized carbons (Fsp3) is 0.579. The standard InChI is InChI=1S/C19H27S2Si/c1-4-5-6-9-16-10-7-11-17(22)18(16)19(14-15(2)3)20-12-8-13-21-19/h4,7,10-11,15H,1,5-6,8-9,12-14H2,2-3H3. The van der Waals surface area contributed by atoms with Crippen LogP contribution in [0.3, 0.4) is 0 Å². The van der Waals surface area contributed by atoms with E-state index in [0.717, 1.165) is 12.8 Å². The first-order valence-electron chi connectivity index (χ1n) is 8.32. The molecule has 0 aliphatic carbocycles. The number of thioether (sulfide) groups is 2. The smallest absolute Gasteiger partial charge is 0.0863 e. The van der Waals surface area contributed by atoms with Gasteiger partial charge in [0.25, 0.3) is 0 Å². The fourth-order valence-corrected chi connectivity index (χ4v) is 7.75. The molecule has 1 aromatic carbocycles. The summed E-state index contributed by atoms with van der Waals surface area (Å²) in [6.07, 6.45) is 8.07. The molecule has 1 fully saturated rings. The second kappa shape index (κ2) is 8.65. The van der Waals surface area contributed by atoms with Crippen molar-refractivity contribution < 1.29 is 0 Å². The molecule has 0 unspecified atom stereocenters. The molecule has 1 aromatic rings. The van der Waals surface area contributed by atoms with Crippen molar-refractivity contribution in [2.24, 2.45) is 5.92 Å². The fourth-order valence-electron chi connectivity index (χ4n) is 3.17. The van der Waals surface area contributed by atoms with Crippen LogP contribution in [0.5, 0.6) is 0 Å². The van der Waals surface area contributed by atoms with Gasteiger partial charge in [-0.1, -0.05) is 43.3 Å². The largest absolute Gasteiger partial charge is 0.139 e. The van der Waals surface area contributed by atoms with Crippen LogP contribution in [0.4, 0.5) is 0 Å². The Hall–Kier alpha value is -0.123. The second-order valence-electron chi connectivity index (χ2n) is 6.42. The van der Waals surface area contributed by atoms with Gasteiger partial charge in [-0.25, -0.2) is 0 Å². The Bertz CT molecular complexity index is 490. The number of rotatable bonds is 7. The first-order chi connectivity index (χ1) is 10.6. The summed E-state index contributed by atoms with van der Waals surface area (Å²) in [6.45, 7) is 8.56.